The van der Waals surface area contributed by atoms with Crippen molar-refractivity contribution in [2.45, 2.75) is 58.5 Å². The molecule has 28 heavy (non-hydrogen) atoms. The third kappa shape index (κ3) is 4.17. The zero-order valence-corrected chi connectivity index (χ0v) is 17.3. The van der Waals surface area contributed by atoms with E-state index in [0.29, 0.717) is 0 Å². The quantitative estimate of drug-likeness (QED) is 0.716. The highest BCUT2D eigenvalue weighted by Crippen LogP contribution is 2.33. The largest absolute Gasteiger partial charge is 0.359 e. The number of fused-ring (bicyclic) bond motifs is 1. The summed E-state index contributed by atoms with van der Waals surface area (Å²) < 4.78 is 0. The number of carbonyl (C=O) groups is 1. The molecular weight excluding hydrogens is 350 g/mol. The number of anilines is 1. The summed E-state index contributed by atoms with van der Waals surface area (Å²) in [7, 11) is 0. The molecule has 1 aromatic heterocycles. The topological polar surface area (TPSA) is 73.0 Å². The molecule has 2 fully saturated rings. The summed E-state index contributed by atoms with van der Waals surface area (Å²) in [5, 5.41) is 14.6. The Bertz CT molecular complexity index is 815. The molecule has 4 rings (SSSR count). The molecule has 2 heterocycles. The molecule has 0 atom stereocenters. The Morgan fingerprint density at radius 3 is 2.71 bits per heavy atom. The standard InChI is InChI=1S/C22H33N5O/c1-14(2)16-5-7-18(8-6-16)27-12-17(13-27)24-21(28)11-23-22-19-10-15(3)4-9-20(19)25-26-22/h4,9-10,14,16-18H,5-8,11-13H2,1-3H3,(H,24,28)(H2,23,25,26). The maximum atomic E-state index is 12.3. The molecule has 1 aliphatic heterocycles. The van der Waals surface area contributed by atoms with Crippen molar-refractivity contribution in [2.24, 2.45) is 11.8 Å². The lowest BCUT2D eigenvalue weighted by atomic mass is 9.78. The van der Waals surface area contributed by atoms with Gasteiger partial charge in [-0.1, -0.05) is 25.5 Å². The number of aromatic amines is 1. The van der Waals surface area contributed by atoms with Gasteiger partial charge in [0.15, 0.2) is 5.82 Å². The third-order valence-electron chi connectivity index (χ3n) is 6.61. The maximum Gasteiger partial charge on any atom is 0.239 e. The molecule has 1 saturated carbocycles. The van der Waals surface area contributed by atoms with Crippen molar-refractivity contribution in [2.75, 3.05) is 25.0 Å². The molecule has 1 saturated heterocycles. The van der Waals surface area contributed by atoms with Gasteiger partial charge in [-0.05, 0) is 56.6 Å². The van der Waals surface area contributed by atoms with Crippen molar-refractivity contribution in [1.82, 2.24) is 20.4 Å². The van der Waals surface area contributed by atoms with Crippen LogP contribution in [0, 0.1) is 18.8 Å². The summed E-state index contributed by atoms with van der Waals surface area (Å²) in [5.74, 6) is 2.50. The summed E-state index contributed by atoms with van der Waals surface area (Å²) in [4.78, 5) is 14.9. The molecule has 2 aromatic rings. The second-order valence-electron chi connectivity index (χ2n) is 9.01. The monoisotopic (exact) mass is 383 g/mol. The summed E-state index contributed by atoms with van der Waals surface area (Å²) in [6.45, 7) is 8.99. The Balaban J connectivity index is 1.19. The van der Waals surface area contributed by atoms with E-state index in [1.165, 1.54) is 31.2 Å². The van der Waals surface area contributed by atoms with Crippen LogP contribution in [0.5, 0.6) is 0 Å². The van der Waals surface area contributed by atoms with Gasteiger partial charge in [0.25, 0.3) is 0 Å². The van der Waals surface area contributed by atoms with Crippen LogP contribution in [0.3, 0.4) is 0 Å². The smallest absolute Gasteiger partial charge is 0.239 e. The summed E-state index contributed by atoms with van der Waals surface area (Å²) in [6.07, 6.45) is 5.35. The molecule has 3 N–H and O–H groups in total. The SMILES string of the molecule is Cc1ccc2[nH]nc(NCC(=O)NC3CN(C4CCC(C(C)C)CC4)C3)c2c1. The normalized spacial score (nSPS) is 23.7. The fourth-order valence-electron chi connectivity index (χ4n) is 4.74. The Morgan fingerprint density at radius 1 is 1.25 bits per heavy atom. The minimum absolute atomic E-state index is 0.0389. The van der Waals surface area contributed by atoms with E-state index in [0.717, 1.165) is 47.7 Å². The number of hydrogen-bond acceptors (Lipinski definition) is 4. The van der Waals surface area contributed by atoms with E-state index < -0.39 is 0 Å². The molecule has 152 valence electrons. The molecule has 6 heteroatoms. The van der Waals surface area contributed by atoms with Crippen molar-refractivity contribution in [3.05, 3.63) is 23.8 Å². The molecule has 6 nitrogen and oxygen atoms in total. The van der Waals surface area contributed by atoms with Crippen LogP contribution in [0.2, 0.25) is 0 Å². The Morgan fingerprint density at radius 2 is 2.00 bits per heavy atom. The van der Waals surface area contributed by atoms with Crippen molar-refractivity contribution >= 4 is 22.6 Å². The second-order valence-corrected chi connectivity index (χ2v) is 9.01. The van der Waals surface area contributed by atoms with E-state index in [9.17, 15) is 4.79 Å². The van der Waals surface area contributed by atoms with Gasteiger partial charge in [-0.3, -0.25) is 14.8 Å². The highest BCUT2D eigenvalue weighted by Gasteiger charge is 2.35. The van der Waals surface area contributed by atoms with Crippen LogP contribution < -0.4 is 10.6 Å². The molecule has 0 bridgehead atoms. The van der Waals surface area contributed by atoms with Gasteiger partial charge in [-0.2, -0.15) is 5.10 Å². The van der Waals surface area contributed by atoms with Crippen LogP contribution in [-0.2, 0) is 4.79 Å². The number of aryl methyl sites for hydroxylation is 1. The number of rotatable bonds is 6. The first-order valence-electron chi connectivity index (χ1n) is 10.7. The zero-order chi connectivity index (χ0) is 19.7. The van der Waals surface area contributed by atoms with Gasteiger partial charge < -0.3 is 10.6 Å². The van der Waals surface area contributed by atoms with Crippen molar-refractivity contribution in [3.8, 4) is 0 Å². The van der Waals surface area contributed by atoms with E-state index in [4.69, 9.17) is 0 Å². The Hall–Kier alpha value is -2.08. The fourth-order valence-corrected chi connectivity index (χ4v) is 4.74. The molecule has 1 aromatic carbocycles. The minimum Gasteiger partial charge on any atom is -0.359 e. The van der Waals surface area contributed by atoms with Crippen LogP contribution in [0.4, 0.5) is 5.82 Å². The van der Waals surface area contributed by atoms with E-state index in [-0.39, 0.29) is 18.5 Å². The number of amides is 1. The van der Waals surface area contributed by atoms with E-state index in [1.54, 1.807) is 0 Å². The van der Waals surface area contributed by atoms with Crippen LogP contribution in [0.1, 0.15) is 45.1 Å². The van der Waals surface area contributed by atoms with Gasteiger partial charge in [0.05, 0.1) is 18.1 Å². The highest BCUT2D eigenvalue weighted by molar-refractivity contribution is 5.92. The average molecular weight is 384 g/mol. The summed E-state index contributed by atoms with van der Waals surface area (Å²) >= 11 is 0. The van der Waals surface area contributed by atoms with Gasteiger partial charge in [-0.25, -0.2) is 0 Å². The molecule has 0 radical (unpaired) electrons. The van der Waals surface area contributed by atoms with Crippen LogP contribution in [0.15, 0.2) is 18.2 Å². The Kier molecular flexibility index (Phi) is 5.58. The first-order valence-corrected chi connectivity index (χ1v) is 10.7. The molecule has 0 unspecified atom stereocenters. The van der Waals surface area contributed by atoms with Gasteiger partial charge >= 0.3 is 0 Å². The zero-order valence-electron chi connectivity index (χ0n) is 17.3. The fraction of sp³-hybridized carbons (Fsp3) is 0.636. The number of H-pyrrole nitrogens is 1. The lowest BCUT2D eigenvalue weighted by Crippen LogP contribution is -2.63. The average Bonchev–Trinajstić information content (AvgIpc) is 3.05. The first-order chi connectivity index (χ1) is 13.5. The van der Waals surface area contributed by atoms with E-state index in [1.807, 2.05) is 6.07 Å². The van der Waals surface area contributed by atoms with Crippen molar-refractivity contribution < 1.29 is 4.79 Å². The molecule has 1 aliphatic carbocycles. The molecular formula is C22H33N5O. The number of carbonyl (C=O) groups excluding carboxylic acids is 1. The number of likely N-dealkylation sites (tertiary alicyclic amines) is 1. The lowest BCUT2D eigenvalue weighted by molar-refractivity contribution is -0.121. The highest BCUT2D eigenvalue weighted by atomic mass is 16.2. The molecule has 2 aliphatic rings. The molecule has 1 amide bonds. The minimum atomic E-state index is 0.0389. The van der Waals surface area contributed by atoms with E-state index >= 15 is 0 Å². The van der Waals surface area contributed by atoms with Crippen LogP contribution in [0.25, 0.3) is 10.9 Å². The van der Waals surface area contributed by atoms with Gasteiger partial charge in [0, 0.05) is 24.5 Å². The van der Waals surface area contributed by atoms with Gasteiger partial charge in [-0.15, -0.1) is 0 Å². The predicted octanol–water partition coefficient (Wildman–Crippen LogP) is 3.30. The first kappa shape index (κ1) is 19.2. The van der Waals surface area contributed by atoms with Gasteiger partial charge in [0.2, 0.25) is 5.91 Å². The summed E-state index contributed by atoms with van der Waals surface area (Å²) in [6, 6.07) is 7.15. The maximum absolute atomic E-state index is 12.3. The van der Waals surface area contributed by atoms with Gasteiger partial charge in [0.1, 0.15) is 0 Å². The number of hydrogen-bond donors (Lipinski definition) is 3. The van der Waals surface area contributed by atoms with Crippen molar-refractivity contribution in [3.63, 3.8) is 0 Å². The molecule has 0 spiro atoms. The Labute approximate surface area is 167 Å². The number of aromatic nitrogens is 2. The van der Waals surface area contributed by atoms with Crippen LogP contribution in [-0.4, -0.2) is 52.7 Å². The number of benzene rings is 1. The number of nitrogens with zero attached hydrogens (tertiary/aromatic N) is 2. The second kappa shape index (κ2) is 8.11. The van der Waals surface area contributed by atoms with Crippen molar-refractivity contribution in [1.29, 1.82) is 0 Å². The predicted molar refractivity (Wildman–Crippen MR) is 113 cm³/mol. The summed E-state index contributed by atoms with van der Waals surface area (Å²) in [5.41, 5.74) is 2.16. The lowest BCUT2D eigenvalue weighted by Gasteiger charge is -2.47. The third-order valence-corrected chi connectivity index (χ3v) is 6.61. The van der Waals surface area contributed by atoms with Crippen LogP contribution >= 0.6 is 0 Å². The number of nitrogens with one attached hydrogen (secondary N) is 3. The van der Waals surface area contributed by atoms with E-state index in [2.05, 4.69) is 58.6 Å².